The number of hydrogen-bond acceptors (Lipinski definition) is 1. The Labute approximate surface area is 100 Å². The van der Waals surface area contributed by atoms with E-state index in [1.54, 1.807) is 0 Å². The number of benzene rings is 2. The first kappa shape index (κ1) is 9.97. The Morgan fingerprint density at radius 3 is 2.53 bits per heavy atom. The third-order valence-electron chi connectivity index (χ3n) is 2.94. The topological polar surface area (TPSA) is 27.8 Å². The van der Waals surface area contributed by atoms with Crippen LogP contribution in [0.15, 0.2) is 54.6 Å². The number of fused-ring (bicyclic) bond motifs is 1. The zero-order chi connectivity index (χ0) is 11.7. The van der Waals surface area contributed by atoms with E-state index in [0.29, 0.717) is 0 Å². The predicted octanol–water partition coefficient (Wildman–Crippen LogP) is 4.22. The van der Waals surface area contributed by atoms with Crippen LogP contribution in [0.2, 0.25) is 0 Å². The smallest absolute Gasteiger partial charge is 0.108 e. The van der Waals surface area contributed by atoms with Crippen LogP contribution in [-0.4, -0.2) is 4.98 Å². The summed E-state index contributed by atoms with van der Waals surface area (Å²) in [4.78, 5) is 3.36. The van der Waals surface area contributed by atoms with Gasteiger partial charge in [-0.05, 0) is 30.7 Å². The molecule has 0 aliphatic heterocycles. The summed E-state index contributed by atoms with van der Waals surface area (Å²) in [6.45, 7) is 2.10. The van der Waals surface area contributed by atoms with Crippen LogP contribution in [0.4, 0.5) is 11.5 Å². The van der Waals surface area contributed by atoms with Crippen LogP contribution >= 0.6 is 0 Å². The summed E-state index contributed by atoms with van der Waals surface area (Å²) in [7, 11) is 0. The molecule has 2 aromatic carbocycles. The summed E-state index contributed by atoms with van der Waals surface area (Å²) in [6, 6.07) is 18.7. The third-order valence-corrected chi connectivity index (χ3v) is 2.94. The van der Waals surface area contributed by atoms with Crippen molar-refractivity contribution in [3.63, 3.8) is 0 Å². The first-order chi connectivity index (χ1) is 8.33. The molecule has 1 heterocycles. The number of aryl methyl sites for hydroxylation is 1. The van der Waals surface area contributed by atoms with Gasteiger partial charge in [0.25, 0.3) is 0 Å². The van der Waals surface area contributed by atoms with Gasteiger partial charge in [-0.15, -0.1) is 0 Å². The molecule has 3 aromatic rings. The number of nitrogens with one attached hydrogen (secondary N) is 2. The van der Waals surface area contributed by atoms with Crippen LogP contribution in [0.5, 0.6) is 0 Å². The molecule has 0 aliphatic carbocycles. The van der Waals surface area contributed by atoms with Crippen molar-refractivity contribution < 1.29 is 0 Å². The highest BCUT2D eigenvalue weighted by Crippen LogP contribution is 2.23. The van der Waals surface area contributed by atoms with Gasteiger partial charge in [0.2, 0.25) is 0 Å². The monoisotopic (exact) mass is 222 g/mol. The van der Waals surface area contributed by atoms with Crippen molar-refractivity contribution in [3.8, 4) is 0 Å². The number of anilines is 2. The Hall–Kier alpha value is -2.22. The average Bonchev–Trinajstić information content (AvgIpc) is 2.74. The van der Waals surface area contributed by atoms with Crippen molar-refractivity contribution in [3.05, 3.63) is 60.2 Å². The maximum Gasteiger partial charge on any atom is 0.108 e. The van der Waals surface area contributed by atoms with Gasteiger partial charge in [-0.1, -0.05) is 36.4 Å². The van der Waals surface area contributed by atoms with E-state index in [1.165, 1.54) is 10.9 Å². The summed E-state index contributed by atoms with van der Waals surface area (Å²) in [5.41, 5.74) is 3.54. The lowest BCUT2D eigenvalue weighted by Gasteiger charge is -2.06. The van der Waals surface area contributed by atoms with Crippen molar-refractivity contribution in [2.45, 2.75) is 6.92 Å². The molecule has 0 saturated carbocycles. The van der Waals surface area contributed by atoms with Gasteiger partial charge in [0, 0.05) is 16.6 Å². The van der Waals surface area contributed by atoms with E-state index in [9.17, 15) is 0 Å². The van der Waals surface area contributed by atoms with Crippen LogP contribution < -0.4 is 5.32 Å². The molecule has 2 N–H and O–H groups in total. The van der Waals surface area contributed by atoms with Gasteiger partial charge in [0.15, 0.2) is 0 Å². The SMILES string of the molecule is Cc1ccccc1Nc1cc2ccccc2[nH]1. The Morgan fingerprint density at radius 1 is 0.941 bits per heavy atom. The molecule has 2 nitrogen and oxygen atoms in total. The first-order valence-corrected chi connectivity index (χ1v) is 5.73. The Balaban J connectivity index is 1.98. The lowest BCUT2D eigenvalue weighted by molar-refractivity contribution is 1.38. The highest BCUT2D eigenvalue weighted by atomic mass is 15.0. The molecule has 3 rings (SSSR count). The lowest BCUT2D eigenvalue weighted by Crippen LogP contribution is -1.92. The molecule has 84 valence electrons. The summed E-state index contributed by atoms with van der Waals surface area (Å²) < 4.78 is 0. The van der Waals surface area contributed by atoms with Gasteiger partial charge >= 0.3 is 0 Å². The number of para-hydroxylation sites is 2. The van der Waals surface area contributed by atoms with Crippen molar-refractivity contribution >= 4 is 22.4 Å². The molecule has 0 aliphatic rings. The Kier molecular flexibility index (Phi) is 2.33. The fraction of sp³-hybridized carbons (Fsp3) is 0.0667. The fourth-order valence-corrected chi connectivity index (χ4v) is 2.00. The molecule has 0 fully saturated rings. The van der Waals surface area contributed by atoms with Gasteiger partial charge in [-0.2, -0.15) is 0 Å². The van der Waals surface area contributed by atoms with E-state index >= 15 is 0 Å². The van der Waals surface area contributed by atoms with Gasteiger partial charge in [-0.3, -0.25) is 0 Å². The number of hydrogen-bond donors (Lipinski definition) is 2. The molecule has 0 spiro atoms. The molecule has 2 heteroatoms. The molecule has 0 unspecified atom stereocenters. The van der Waals surface area contributed by atoms with Crippen LogP contribution in [0, 0.1) is 6.92 Å². The Bertz CT molecular complexity index is 620. The molecule has 1 aromatic heterocycles. The van der Waals surface area contributed by atoms with Crippen LogP contribution in [0.3, 0.4) is 0 Å². The highest BCUT2D eigenvalue weighted by Gasteiger charge is 2.01. The maximum absolute atomic E-state index is 3.41. The van der Waals surface area contributed by atoms with Crippen LogP contribution in [0.25, 0.3) is 10.9 Å². The Morgan fingerprint density at radius 2 is 1.71 bits per heavy atom. The molecule has 0 bridgehead atoms. The second kappa shape index (κ2) is 3.98. The second-order valence-corrected chi connectivity index (χ2v) is 4.21. The zero-order valence-corrected chi connectivity index (χ0v) is 9.70. The molecule has 0 atom stereocenters. The van der Waals surface area contributed by atoms with E-state index in [-0.39, 0.29) is 0 Å². The molecule has 17 heavy (non-hydrogen) atoms. The normalized spacial score (nSPS) is 10.6. The van der Waals surface area contributed by atoms with Gasteiger partial charge in [0.05, 0.1) is 0 Å². The van der Waals surface area contributed by atoms with Crippen molar-refractivity contribution in [2.24, 2.45) is 0 Å². The molecule has 0 saturated heterocycles. The number of aromatic amines is 1. The largest absolute Gasteiger partial charge is 0.342 e. The van der Waals surface area contributed by atoms with Crippen molar-refractivity contribution in [2.75, 3.05) is 5.32 Å². The minimum atomic E-state index is 1.03. The van der Waals surface area contributed by atoms with E-state index in [2.05, 4.69) is 47.6 Å². The molecule has 0 amide bonds. The second-order valence-electron chi connectivity index (χ2n) is 4.21. The first-order valence-electron chi connectivity index (χ1n) is 5.73. The minimum Gasteiger partial charge on any atom is -0.342 e. The van der Waals surface area contributed by atoms with Gasteiger partial charge < -0.3 is 10.3 Å². The number of rotatable bonds is 2. The van der Waals surface area contributed by atoms with Gasteiger partial charge in [0.1, 0.15) is 5.82 Å². The summed E-state index contributed by atoms with van der Waals surface area (Å²) in [5, 5.41) is 4.63. The summed E-state index contributed by atoms with van der Waals surface area (Å²) >= 11 is 0. The molecule has 0 radical (unpaired) electrons. The predicted molar refractivity (Wildman–Crippen MR) is 72.8 cm³/mol. The highest BCUT2D eigenvalue weighted by molar-refractivity contribution is 5.84. The third kappa shape index (κ3) is 1.89. The standard InChI is InChI=1S/C15H14N2/c1-11-6-2-4-8-13(11)16-15-10-12-7-3-5-9-14(12)17-15/h2-10,16-17H,1H3. The molecular weight excluding hydrogens is 208 g/mol. The minimum absolute atomic E-state index is 1.03. The van der Waals surface area contributed by atoms with Crippen LogP contribution in [0.1, 0.15) is 5.56 Å². The summed E-state index contributed by atoms with van der Waals surface area (Å²) in [6.07, 6.45) is 0. The number of aromatic nitrogens is 1. The van der Waals surface area contributed by atoms with E-state index in [4.69, 9.17) is 0 Å². The van der Waals surface area contributed by atoms with E-state index in [0.717, 1.165) is 17.0 Å². The lowest BCUT2D eigenvalue weighted by atomic mass is 10.2. The van der Waals surface area contributed by atoms with Gasteiger partial charge in [-0.25, -0.2) is 0 Å². The van der Waals surface area contributed by atoms with Crippen molar-refractivity contribution in [1.82, 2.24) is 4.98 Å². The number of H-pyrrole nitrogens is 1. The van der Waals surface area contributed by atoms with Crippen LogP contribution in [-0.2, 0) is 0 Å². The van der Waals surface area contributed by atoms with Crippen molar-refractivity contribution in [1.29, 1.82) is 0 Å². The zero-order valence-electron chi connectivity index (χ0n) is 9.70. The molecular formula is C15H14N2. The quantitative estimate of drug-likeness (QED) is 0.667. The van der Waals surface area contributed by atoms with E-state index in [1.807, 2.05) is 24.3 Å². The maximum atomic E-state index is 3.41. The fourth-order valence-electron chi connectivity index (χ4n) is 2.00. The average molecular weight is 222 g/mol. The van der Waals surface area contributed by atoms with E-state index < -0.39 is 0 Å². The summed E-state index contributed by atoms with van der Waals surface area (Å²) in [5.74, 6) is 1.03.